The Morgan fingerprint density at radius 1 is 0.970 bits per heavy atom. The summed E-state index contributed by atoms with van der Waals surface area (Å²) in [5.41, 5.74) is 2.93. The van der Waals surface area contributed by atoms with Crippen LogP contribution in [0.5, 0.6) is 11.6 Å². The van der Waals surface area contributed by atoms with Crippen LogP contribution in [0.2, 0.25) is 0 Å². The van der Waals surface area contributed by atoms with Crippen LogP contribution in [0.1, 0.15) is 37.3 Å². The van der Waals surface area contributed by atoms with E-state index in [0.29, 0.717) is 31.9 Å². The zero-order valence-corrected chi connectivity index (χ0v) is 19.2. The molecule has 4 rings (SSSR count). The minimum absolute atomic E-state index is 0.423. The van der Waals surface area contributed by atoms with Crippen molar-refractivity contribution >= 4 is 0 Å². The first-order valence-electron chi connectivity index (χ1n) is 11.5. The summed E-state index contributed by atoms with van der Waals surface area (Å²) in [5.74, 6) is 2.31. The summed E-state index contributed by atoms with van der Waals surface area (Å²) in [5, 5.41) is 15.3. The Bertz CT molecular complexity index is 1110. The highest BCUT2D eigenvalue weighted by atomic mass is 16.5. The predicted octanol–water partition coefficient (Wildman–Crippen LogP) is 5.59. The number of benzene rings is 2. The Balaban J connectivity index is 1.75. The third kappa shape index (κ3) is 5.72. The van der Waals surface area contributed by atoms with Crippen LogP contribution in [-0.4, -0.2) is 32.4 Å². The molecule has 6 heteroatoms. The number of aryl methyl sites for hydroxylation is 1. The number of aliphatic hydroxyl groups excluding tert-OH is 1. The fraction of sp³-hybridized carbons (Fsp3) is 0.296. The monoisotopic (exact) mass is 445 g/mol. The van der Waals surface area contributed by atoms with E-state index in [1.54, 1.807) is 6.26 Å². The van der Waals surface area contributed by atoms with Crippen LogP contribution in [0.4, 0.5) is 0 Å². The lowest BCUT2D eigenvalue weighted by Gasteiger charge is -2.24. The predicted molar refractivity (Wildman–Crippen MR) is 129 cm³/mol. The molecule has 0 fully saturated rings. The van der Waals surface area contributed by atoms with Crippen LogP contribution >= 0.6 is 0 Å². The normalized spacial score (nSPS) is 12.2. The molecule has 0 aliphatic heterocycles. The molecule has 0 saturated carbocycles. The van der Waals surface area contributed by atoms with Crippen molar-refractivity contribution in [3.63, 3.8) is 0 Å². The van der Waals surface area contributed by atoms with Crippen molar-refractivity contribution in [1.29, 1.82) is 0 Å². The van der Waals surface area contributed by atoms with Crippen LogP contribution in [-0.2, 0) is 19.5 Å². The standard InChI is InChI=1S/C27H31N3O3/c1-3-22(31)18-29(19-24-16-11-17-32-24)20-25-26(4-2)28-30(21-12-7-5-8-13-21)27(25)33-23-14-9-6-10-15-23/h5-17,22,31H,3-4,18-20H2,1-2H3/t22-/m1/s1. The Hall–Kier alpha value is -3.35. The largest absolute Gasteiger partial charge is 0.468 e. The van der Waals surface area contributed by atoms with Crippen molar-refractivity contribution in [3.8, 4) is 17.3 Å². The molecule has 0 radical (unpaired) electrons. The molecule has 1 atom stereocenters. The summed E-state index contributed by atoms with van der Waals surface area (Å²) in [6.45, 7) is 5.79. The molecule has 0 bridgehead atoms. The van der Waals surface area contributed by atoms with E-state index in [9.17, 15) is 5.11 Å². The van der Waals surface area contributed by atoms with E-state index in [1.165, 1.54) is 0 Å². The lowest BCUT2D eigenvalue weighted by atomic mass is 10.1. The topological polar surface area (TPSA) is 63.7 Å². The molecule has 1 N–H and O–H groups in total. The number of para-hydroxylation sites is 2. The molecule has 2 aromatic carbocycles. The van der Waals surface area contributed by atoms with Gasteiger partial charge in [0, 0.05) is 13.1 Å². The zero-order chi connectivity index (χ0) is 23.0. The van der Waals surface area contributed by atoms with Gasteiger partial charge >= 0.3 is 0 Å². The van der Waals surface area contributed by atoms with Gasteiger partial charge in [-0.3, -0.25) is 4.90 Å². The van der Waals surface area contributed by atoms with Crippen LogP contribution in [0.15, 0.2) is 83.5 Å². The summed E-state index contributed by atoms with van der Waals surface area (Å²) >= 11 is 0. The van der Waals surface area contributed by atoms with Gasteiger partial charge in [-0.2, -0.15) is 5.10 Å². The number of hydrogen-bond donors (Lipinski definition) is 1. The summed E-state index contributed by atoms with van der Waals surface area (Å²) < 4.78 is 13.9. The second kappa shape index (κ2) is 11.0. The lowest BCUT2D eigenvalue weighted by Crippen LogP contribution is -2.31. The average Bonchev–Trinajstić information content (AvgIpc) is 3.48. The van der Waals surface area contributed by atoms with E-state index in [0.717, 1.165) is 34.9 Å². The minimum atomic E-state index is -0.423. The number of aliphatic hydroxyl groups is 1. The van der Waals surface area contributed by atoms with E-state index < -0.39 is 6.10 Å². The Labute approximate surface area is 195 Å². The SMILES string of the molecule is CCc1nn(-c2ccccc2)c(Oc2ccccc2)c1CN(Cc1ccco1)C[C@H](O)CC. The van der Waals surface area contributed by atoms with Gasteiger partial charge in [-0.25, -0.2) is 4.68 Å². The average molecular weight is 446 g/mol. The van der Waals surface area contributed by atoms with Crippen molar-refractivity contribution in [1.82, 2.24) is 14.7 Å². The fourth-order valence-electron chi connectivity index (χ4n) is 3.83. The third-order valence-corrected chi connectivity index (χ3v) is 5.59. The maximum atomic E-state index is 10.4. The van der Waals surface area contributed by atoms with Gasteiger partial charge in [-0.05, 0) is 49.2 Å². The molecule has 33 heavy (non-hydrogen) atoms. The molecule has 0 amide bonds. The van der Waals surface area contributed by atoms with Gasteiger partial charge < -0.3 is 14.3 Å². The van der Waals surface area contributed by atoms with E-state index >= 15 is 0 Å². The Kier molecular flexibility index (Phi) is 7.60. The van der Waals surface area contributed by atoms with Crippen LogP contribution in [0, 0.1) is 0 Å². The van der Waals surface area contributed by atoms with E-state index in [-0.39, 0.29) is 0 Å². The number of ether oxygens (including phenoxy) is 1. The summed E-state index contributed by atoms with van der Waals surface area (Å²) in [6.07, 6.45) is 2.71. The van der Waals surface area contributed by atoms with Crippen LogP contribution < -0.4 is 4.74 Å². The van der Waals surface area contributed by atoms with Gasteiger partial charge in [0.15, 0.2) is 0 Å². The Morgan fingerprint density at radius 2 is 1.70 bits per heavy atom. The molecule has 2 heterocycles. The van der Waals surface area contributed by atoms with E-state index in [2.05, 4.69) is 11.8 Å². The second-order valence-electron chi connectivity index (χ2n) is 8.06. The highest BCUT2D eigenvalue weighted by Crippen LogP contribution is 2.32. The summed E-state index contributed by atoms with van der Waals surface area (Å²) in [7, 11) is 0. The second-order valence-corrected chi connectivity index (χ2v) is 8.06. The molecular weight excluding hydrogens is 414 g/mol. The number of aromatic nitrogens is 2. The number of hydrogen-bond acceptors (Lipinski definition) is 5. The minimum Gasteiger partial charge on any atom is -0.468 e. The molecule has 2 aromatic heterocycles. The van der Waals surface area contributed by atoms with Gasteiger partial charge in [0.05, 0.1) is 35.9 Å². The number of rotatable bonds is 11. The molecule has 172 valence electrons. The molecule has 0 unspecified atom stereocenters. The molecule has 4 aromatic rings. The third-order valence-electron chi connectivity index (χ3n) is 5.59. The Morgan fingerprint density at radius 3 is 2.33 bits per heavy atom. The molecule has 6 nitrogen and oxygen atoms in total. The van der Waals surface area contributed by atoms with Crippen LogP contribution in [0.25, 0.3) is 5.69 Å². The van der Waals surface area contributed by atoms with Crippen molar-refractivity contribution < 1.29 is 14.3 Å². The first kappa shape index (κ1) is 22.8. The fourth-order valence-corrected chi connectivity index (χ4v) is 3.83. The van der Waals surface area contributed by atoms with Gasteiger partial charge in [0.25, 0.3) is 0 Å². The highest BCUT2D eigenvalue weighted by molar-refractivity contribution is 5.43. The quantitative estimate of drug-likeness (QED) is 0.326. The highest BCUT2D eigenvalue weighted by Gasteiger charge is 2.24. The molecule has 0 aliphatic carbocycles. The molecular formula is C27H31N3O3. The maximum absolute atomic E-state index is 10.4. The molecule has 0 saturated heterocycles. The van der Waals surface area contributed by atoms with Crippen molar-refractivity contribution in [2.45, 2.75) is 45.9 Å². The molecule has 0 aliphatic rings. The number of furan rings is 1. The summed E-state index contributed by atoms with van der Waals surface area (Å²) in [6, 6.07) is 23.6. The zero-order valence-electron chi connectivity index (χ0n) is 19.2. The smallest absolute Gasteiger partial charge is 0.227 e. The van der Waals surface area contributed by atoms with Crippen molar-refractivity contribution in [3.05, 3.63) is 96.1 Å². The van der Waals surface area contributed by atoms with Crippen LogP contribution in [0.3, 0.4) is 0 Å². The summed E-state index contributed by atoms with van der Waals surface area (Å²) in [4.78, 5) is 2.19. The van der Waals surface area contributed by atoms with Gasteiger partial charge in [0.2, 0.25) is 5.88 Å². The first-order chi connectivity index (χ1) is 16.2. The van der Waals surface area contributed by atoms with Gasteiger partial charge in [-0.15, -0.1) is 0 Å². The van der Waals surface area contributed by atoms with Gasteiger partial charge in [-0.1, -0.05) is 50.2 Å². The van der Waals surface area contributed by atoms with Crippen molar-refractivity contribution in [2.75, 3.05) is 6.54 Å². The first-order valence-corrected chi connectivity index (χ1v) is 11.5. The molecule has 0 spiro atoms. The number of nitrogens with zero attached hydrogens (tertiary/aromatic N) is 3. The van der Waals surface area contributed by atoms with Gasteiger partial charge in [0.1, 0.15) is 11.5 Å². The maximum Gasteiger partial charge on any atom is 0.227 e. The van der Waals surface area contributed by atoms with E-state index in [4.69, 9.17) is 14.3 Å². The lowest BCUT2D eigenvalue weighted by molar-refractivity contribution is 0.0968. The van der Waals surface area contributed by atoms with Crippen molar-refractivity contribution in [2.24, 2.45) is 0 Å². The van der Waals surface area contributed by atoms with E-state index in [1.807, 2.05) is 84.4 Å².